The molecule has 0 bridgehead atoms. The lowest BCUT2D eigenvalue weighted by molar-refractivity contribution is 0.0527. The number of nitrogen functional groups attached to an aromatic ring is 1. The van der Waals surface area contributed by atoms with Gasteiger partial charge in [0.2, 0.25) is 0 Å². The number of hydrogen-bond donors (Lipinski definition) is 1. The Morgan fingerprint density at radius 3 is 2.62 bits per heavy atom. The summed E-state index contributed by atoms with van der Waals surface area (Å²) in [6.07, 6.45) is 3.35. The van der Waals surface area contributed by atoms with Gasteiger partial charge in [0.25, 0.3) is 0 Å². The van der Waals surface area contributed by atoms with Gasteiger partial charge in [-0.3, -0.25) is 0 Å². The SMILES string of the molecule is CCOC(=O)c1cnn(C(CC)CC)c1N. The molecule has 0 fully saturated rings. The van der Waals surface area contributed by atoms with Crippen LogP contribution in [0.25, 0.3) is 0 Å². The number of hydrogen-bond acceptors (Lipinski definition) is 4. The molecule has 1 aromatic rings. The second-order valence-corrected chi connectivity index (χ2v) is 3.58. The maximum Gasteiger partial charge on any atom is 0.343 e. The lowest BCUT2D eigenvalue weighted by atomic mass is 10.2. The van der Waals surface area contributed by atoms with Crippen molar-refractivity contribution in [3.8, 4) is 0 Å². The van der Waals surface area contributed by atoms with Crippen LogP contribution in [0.4, 0.5) is 5.82 Å². The van der Waals surface area contributed by atoms with E-state index in [2.05, 4.69) is 18.9 Å². The number of nitrogens with zero attached hydrogens (tertiary/aromatic N) is 2. The van der Waals surface area contributed by atoms with Crippen molar-refractivity contribution in [3.63, 3.8) is 0 Å². The monoisotopic (exact) mass is 225 g/mol. The minimum Gasteiger partial charge on any atom is -0.462 e. The number of aromatic nitrogens is 2. The molecule has 0 spiro atoms. The van der Waals surface area contributed by atoms with Crippen LogP contribution >= 0.6 is 0 Å². The third-order valence-corrected chi connectivity index (χ3v) is 2.62. The van der Waals surface area contributed by atoms with Gasteiger partial charge in [0, 0.05) is 0 Å². The second-order valence-electron chi connectivity index (χ2n) is 3.58. The third kappa shape index (κ3) is 2.35. The van der Waals surface area contributed by atoms with Gasteiger partial charge in [0.05, 0.1) is 18.8 Å². The first-order valence-corrected chi connectivity index (χ1v) is 5.65. The van der Waals surface area contributed by atoms with Crippen molar-refractivity contribution in [3.05, 3.63) is 11.8 Å². The van der Waals surface area contributed by atoms with Gasteiger partial charge in [0.1, 0.15) is 11.4 Å². The number of carbonyl (C=O) groups excluding carboxylic acids is 1. The van der Waals surface area contributed by atoms with Crippen LogP contribution in [0, 0.1) is 0 Å². The summed E-state index contributed by atoms with van der Waals surface area (Å²) in [6, 6.07) is 0.239. The van der Waals surface area contributed by atoms with Gasteiger partial charge in [-0.2, -0.15) is 5.10 Å². The molecule has 0 unspecified atom stereocenters. The van der Waals surface area contributed by atoms with Crippen LogP contribution in [0.2, 0.25) is 0 Å². The van der Waals surface area contributed by atoms with Crippen LogP contribution in [0.1, 0.15) is 50.0 Å². The van der Waals surface area contributed by atoms with Crippen LogP contribution < -0.4 is 5.73 Å². The van der Waals surface area contributed by atoms with Crippen LogP contribution in [-0.2, 0) is 4.74 Å². The predicted molar refractivity (Wildman–Crippen MR) is 62.2 cm³/mol. The van der Waals surface area contributed by atoms with Crippen molar-refractivity contribution >= 4 is 11.8 Å². The van der Waals surface area contributed by atoms with Gasteiger partial charge < -0.3 is 10.5 Å². The Kier molecular flexibility index (Phi) is 4.34. The maximum absolute atomic E-state index is 11.5. The molecule has 2 N–H and O–H groups in total. The average molecular weight is 225 g/mol. The van der Waals surface area contributed by atoms with Crippen molar-refractivity contribution in [2.45, 2.75) is 39.7 Å². The lowest BCUT2D eigenvalue weighted by Crippen LogP contribution is -2.13. The van der Waals surface area contributed by atoms with Gasteiger partial charge in [0.15, 0.2) is 0 Å². The summed E-state index contributed by atoms with van der Waals surface area (Å²) in [4.78, 5) is 11.5. The Labute approximate surface area is 95.6 Å². The summed E-state index contributed by atoms with van der Waals surface area (Å²) in [6.45, 7) is 6.24. The summed E-state index contributed by atoms with van der Waals surface area (Å²) >= 11 is 0. The minimum absolute atomic E-state index is 0.239. The smallest absolute Gasteiger partial charge is 0.343 e. The zero-order valence-electron chi connectivity index (χ0n) is 10.1. The number of anilines is 1. The lowest BCUT2D eigenvalue weighted by Gasteiger charge is -2.14. The topological polar surface area (TPSA) is 70.1 Å². The number of nitrogens with two attached hydrogens (primary N) is 1. The molecule has 0 aliphatic heterocycles. The Morgan fingerprint density at radius 2 is 2.12 bits per heavy atom. The van der Waals surface area contributed by atoms with E-state index in [-0.39, 0.29) is 6.04 Å². The molecule has 1 heterocycles. The van der Waals surface area contributed by atoms with E-state index in [0.29, 0.717) is 18.0 Å². The molecule has 16 heavy (non-hydrogen) atoms. The van der Waals surface area contributed by atoms with E-state index in [1.54, 1.807) is 11.6 Å². The average Bonchev–Trinajstić information content (AvgIpc) is 2.63. The highest BCUT2D eigenvalue weighted by atomic mass is 16.5. The molecular weight excluding hydrogens is 206 g/mol. The molecule has 90 valence electrons. The maximum atomic E-state index is 11.5. The molecule has 0 radical (unpaired) electrons. The van der Waals surface area contributed by atoms with E-state index in [1.165, 1.54) is 6.20 Å². The minimum atomic E-state index is -0.405. The summed E-state index contributed by atoms with van der Waals surface area (Å²) < 4.78 is 6.60. The molecule has 1 rings (SSSR count). The van der Waals surface area contributed by atoms with Gasteiger partial charge in [-0.05, 0) is 19.8 Å². The van der Waals surface area contributed by atoms with E-state index >= 15 is 0 Å². The van der Waals surface area contributed by atoms with Crippen LogP contribution in [0.3, 0.4) is 0 Å². The van der Waals surface area contributed by atoms with E-state index in [4.69, 9.17) is 10.5 Å². The molecule has 0 aromatic carbocycles. The first-order chi connectivity index (χ1) is 7.65. The molecule has 0 saturated heterocycles. The molecule has 0 aliphatic carbocycles. The molecule has 0 aliphatic rings. The standard InChI is InChI=1S/C11H19N3O2/c1-4-8(5-2)14-10(12)9(7-13-14)11(15)16-6-3/h7-8H,4-6,12H2,1-3H3. The highest BCUT2D eigenvalue weighted by Crippen LogP contribution is 2.21. The highest BCUT2D eigenvalue weighted by molar-refractivity contribution is 5.93. The normalized spacial score (nSPS) is 10.8. The number of esters is 1. The Bertz CT molecular complexity index is 356. The fraction of sp³-hybridized carbons (Fsp3) is 0.636. The van der Waals surface area contributed by atoms with Gasteiger partial charge in [-0.25, -0.2) is 9.48 Å². The molecule has 1 aromatic heterocycles. The first-order valence-electron chi connectivity index (χ1n) is 5.65. The fourth-order valence-electron chi connectivity index (χ4n) is 1.66. The summed E-state index contributed by atoms with van der Waals surface area (Å²) in [5, 5.41) is 4.15. The largest absolute Gasteiger partial charge is 0.462 e. The van der Waals surface area contributed by atoms with Crippen molar-refractivity contribution in [1.29, 1.82) is 0 Å². The van der Waals surface area contributed by atoms with E-state index in [0.717, 1.165) is 12.8 Å². The molecular formula is C11H19N3O2. The quantitative estimate of drug-likeness (QED) is 0.778. The molecule has 0 atom stereocenters. The van der Waals surface area contributed by atoms with E-state index in [1.807, 2.05) is 0 Å². The second kappa shape index (κ2) is 5.53. The molecule has 5 heteroatoms. The third-order valence-electron chi connectivity index (χ3n) is 2.62. The summed E-state index contributed by atoms with van der Waals surface area (Å²) in [5.41, 5.74) is 6.24. The number of ether oxygens (including phenoxy) is 1. The number of carbonyl (C=O) groups is 1. The van der Waals surface area contributed by atoms with Gasteiger partial charge >= 0.3 is 5.97 Å². The zero-order chi connectivity index (χ0) is 12.1. The van der Waals surface area contributed by atoms with E-state index < -0.39 is 5.97 Å². The van der Waals surface area contributed by atoms with Crippen molar-refractivity contribution < 1.29 is 9.53 Å². The van der Waals surface area contributed by atoms with Crippen molar-refractivity contribution in [2.24, 2.45) is 0 Å². The summed E-state index contributed by atoms with van der Waals surface area (Å²) in [5.74, 6) is -0.00986. The zero-order valence-corrected chi connectivity index (χ0v) is 10.1. The van der Waals surface area contributed by atoms with Crippen LogP contribution in [-0.4, -0.2) is 22.4 Å². The van der Waals surface area contributed by atoms with Crippen molar-refractivity contribution in [1.82, 2.24) is 9.78 Å². The van der Waals surface area contributed by atoms with Crippen molar-refractivity contribution in [2.75, 3.05) is 12.3 Å². The molecule has 0 amide bonds. The molecule has 0 saturated carbocycles. The highest BCUT2D eigenvalue weighted by Gasteiger charge is 2.19. The Hall–Kier alpha value is -1.52. The number of rotatable bonds is 5. The van der Waals surface area contributed by atoms with E-state index in [9.17, 15) is 4.79 Å². The van der Waals surface area contributed by atoms with Crippen LogP contribution in [0.15, 0.2) is 6.20 Å². The molecule has 5 nitrogen and oxygen atoms in total. The predicted octanol–water partition coefficient (Wildman–Crippen LogP) is 2.00. The van der Waals surface area contributed by atoms with Gasteiger partial charge in [-0.15, -0.1) is 0 Å². The first kappa shape index (κ1) is 12.5. The van der Waals surface area contributed by atoms with Gasteiger partial charge in [-0.1, -0.05) is 13.8 Å². The Balaban J connectivity index is 2.95. The fourth-order valence-corrected chi connectivity index (χ4v) is 1.66. The summed E-state index contributed by atoms with van der Waals surface area (Å²) in [7, 11) is 0. The Morgan fingerprint density at radius 1 is 1.50 bits per heavy atom. The van der Waals surface area contributed by atoms with Crippen LogP contribution in [0.5, 0.6) is 0 Å².